The Kier molecular flexibility index (Phi) is 11.2. The molecular formula is C18H37NO2. The minimum atomic E-state index is 0.280. The van der Waals surface area contributed by atoms with Gasteiger partial charge >= 0.3 is 0 Å². The van der Waals surface area contributed by atoms with Crippen LogP contribution < -0.4 is 0 Å². The Morgan fingerprint density at radius 3 is 2.29 bits per heavy atom. The highest BCUT2D eigenvalue weighted by Crippen LogP contribution is 2.28. The molecule has 126 valence electrons. The second-order valence-electron chi connectivity index (χ2n) is 6.49. The average Bonchev–Trinajstić information content (AvgIpc) is 2.53. The van der Waals surface area contributed by atoms with Gasteiger partial charge in [-0.25, -0.2) is 0 Å². The number of nitrogens with zero attached hydrogens (tertiary/aromatic N) is 1. The lowest BCUT2D eigenvalue weighted by Crippen LogP contribution is -2.27. The van der Waals surface area contributed by atoms with Crippen LogP contribution in [0.25, 0.3) is 0 Å². The number of hydrogen-bond donors (Lipinski definition) is 1. The summed E-state index contributed by atoms with van der Waals surface area (Å²) in [7, 11) is 0. The molecule has 1 aliphatic carbocycles. The Hall–Kier alpha value is -0.120. The average molecular weight is 299 g/mol. The van der Waals surface area contributed by atoms with Crippen molar-refractivity contribution in [2.75, 3.05) is 32.8 Å². The number of hydrogen-bond acceptors (Lipinski definition) is 3. The molecule has 0 aliphatic heterocycles. The van der Waals surface area contributed by atoms with Gasteiger partial charge in [-0.15, -0.1) is 0 Å². The first-order valence-corrected chi connectivity index (χ1v) is 9.24. The first kappa shape index (κ1) is 18.9. The van der Waals surface area contributed by atoms with Crippen LogP contribution in [0.4, 0.5) is 0 Å². The van der Waals surface area contributed by atoms with Crippen molar-refractivity contribution in [1.29, 1.82) is 0 Å². The van der Waals surface area contributed by atoms with Crippen LogP contribution in [0.3, 0.4) is 0 Å². The molecule has 0 spiro atoms. The summed E-state index contributed by atoms with van der Waals surface area (Å²) < 4.78 is 6.02. The van der Waals surface area contributed by atoms with Gasteiger partial charge in [0.15, 0.2) is 0 Å². The van der Waals surface area contributed by atoms with E-state index in [-0.39, 0.29) is 6.61 Å². The van der Waals surface area contributed by atoms with Crippen LogP contribution in [0.1, 0.15) is 71.6 Å². The zero-order valence-electron chi connectivity index (χ0n) is 14.4. The smallest absolute Gasteiger partial charge is 0.0575 e. The first-order chi connectivity index (χ1) is 10.3. The van der Waals surface area contributed by atoms with Gasteiger partial charge in [0.2, 0.25) is 0 Å². The summed E-state index contributed by atoms with van der Waals surface area (Å²) in [5, 5.41) is 8.94. The molecule has 1 saturated carbocycles. The van der Waals surface area contributed by atoms with Crippen LogP contribution in [0.5, 0.6) is 0 Å². The maximum Gasteiger partial charge on any atom is 0.0575 e. The van der Waals surface area contributed by atoms with E-state index in [1.165, 1.54) is 57.8 Å². The minimum Gasteiger partial charge on any atom is -0.395 e. The van der Waals surface area contributed by atoms with E-state index in [0.29, 0.717) is 6.10 Å². The van der Waals surface area contributed by atoms with Crippen molar-refractivity contribution in [1.82, 2.24) is 4.90 Å². The van der Waals surface area contributed by atoms with Gasteiger partial charge in [-0.3, -0.25) is 0 Å². The van der Waals surface area contributed by atoms with Crippen molar-refractivity contribution >= 4 is 0 Å². The van der Waals surface area contributed by atoms with Gasteiger partial charge in [-0.05, 0) is 57.5 Å². The Labute approximate surface area is 132 Å². The summed E-state index contributed by atoms with van der Waals surface area (Å²) in [6, 6.07) is 0. The van der Waals surface area contributed by atoms with Crippen LogP contribution in [0.15, 0.2) is 0 Å². The minimum absolute atomic E-state index is 0.280. The fraction of sp³-hybridized carbons (Fsp3) is 1.00. The lowest BCUT2D eigenvalue weighted by Gasteiger charge is -2.27. The summed E-state index contributed by atoms with van der Waals surface area (Å²) in [5.41, 5.74) is 0. The van der Waals surface area contributed by atoms with Crippen molar-refractivity contribution in [3.63, 3.8) is 0 Å². The van der Waals surface area contributed by atoms with Gasteiger partial charge in [-0.2, -0.15) is 0 Å². The molecule has 0 unspecified atom stereocenters. The zero-order valence-corrected chi connectivity index (χ0v) is 14.4. The number of rotatable bonds is 12. The molecule has 0 saturated heterocycles. The number of aliphatic hydroxyl groups is 1. The molecule has 0 aromatic rings. The molecule has 0 heterocycles. The van der Waals surface area contributed by atoms with E-state index in [2.05, 4.69) is 18.7 Å². The molecule has 0 aromatic carbocycles. The van der Waals surface area contributed by atoms with Gasteiger partial charge in [0.1, 0.15) is 0 Å². The number of likely N-dealkylation sites (N-methyl/N-ethyl adjacent to an activating group) is 1. The fourth-order valence-electron chi connectivity index (χ4n) is 3.32. The van der Waals surface area contributed by atoms with E-state index < -0.39 is 0 Å². The van der Waals surface area contributed by atoms with Gasteiger partial charge in [0.05, 0.1) is 12.7 Å². The number of unbranched alkanes of at least 4 members (excludes halogenated alkanes) is 3. The highest BCUT2D eigenvalue weighted by molar-refractivity contribution is 4.71. The molecule has 1 fully saturated rings. The maximum atomic E-state index is 8.94. The highest BCUT2D eigenvalue weighted by Gasteiger charge is 2.19. The number of aliphatic hydroxyl groups excluding tert-OH is 1. The summed E-state index contributed by atoms with van der Waals surface area (Å²) in [4.78, 5) is 2.32. The van der Waals surface area contributed by atoms with Crippen molar-refractivity contribution in [2.24, 2.45) is 5.92 Å². The van der Waals surface area contributed by atoms with Gasteiger partial charge in [0, 0.05) is 13.2 Å². The molecule has 1 rings (SSSR count). The molecule has 1 N–H and O–H groups in total. The molecule has 0 atom stereocenters. The summed E-state index contributed by atoms with van der Waals surface area (Å²) in [5.74, 6) is 0.963. The second-order valence-corrected chi connectivity index (χ2v) is 6.49. The summed E-state index contributed by atoms with van der Waals surface area (Å²) in [6.45, 7) is 8.70. The Morgan fingerprint density at radius 2 is 1.67 bits per heavy atom. The second kappa shape index (κ2) is 12.4. The lowest BCUT2D eigenvalue weighted by molar-refractivity contribution is 0.0157. The lowest BCUT2D eigenvalue weighted by atomic mass is 9.86. The third-order valence-corrected chi connectivity index (χ3v) is 4.96. The third kappa shape index (κ3) is 8.80. The molecule has 0 aromatic heterocycles. The summed E-state index contributed by atoms with van der Waals surface area (Å²) >= 11 is 0. The molecule has 21 heavy (non-hydrogen) atoms. The molecule has 1 aliphatic rings. The largest absolute Gasteiger partial charge is 0.395 e. The van der Waals surface area contributed by atoms with Crippen molar-refractivity contribution in [3.8, 4) is 0 Å². The highest BCUT2D eigenvalue weighted by atomic mass is 16.5. The van der Waals surface area contributed by atoms with E-state index in [1.807, 2.05) is 0 Å². The van der Waals surface area contributed by atoms with Crippen molar-refractivity contribution in [3.05, 3.63) is 0 Å². The zero-order chi connectivity index (χ0) is 15.3. The fourth-order valence-corrected chi connectivity index (χ4v) is 3.32. The van der Waals surface area contributed by atoms with Crippen molar-refractivity contribution in [2.45, 2.75) is 77.7 Å². The molecular weight excluding hydrogens is 262 g/mol. The van der Waals surface area contributed by atoms with Gasteiger partial charge in [0.25, 0.3) is 0 Å². The molecule has 3 nitrogen and oxygen atoms in total. The quantitative estimate of drug-likeness (QED) is 0.556. The van der Waals surface area contributed by atoms with E-state index in [9.17, 15) is 0 Å². The predicted octanol–water partition coefficient (Wildman–Crippen LogP) is 3.85. The van der Waals surface area contributed by atoms with Crippen LogP contribution in [0.2, 0.25) is 0 Å². The van der Waals surface area contributed by atoms with Crippen LogP contribution >= 0.6 is 0 Å². The van der Waals surface area contributed by atoms with E-state index in [1.54, 1.807) is 0 Å². The topological polar surface area (TPSA) is 32.7 Å². The standard InChI is InChI=1S/C18H37NO2/c1-3-17-9-11-18(12-10-17)21-16-8-6-5-7-13-19(4-2)14-15-20/h17-18,20H,3-16H2,1-2H3. The summed E-state index contributed by atoms with van der Waals surface area (Å²) in [6.07, 6.45) is 12.2. The maximum absolute atomic E-state index is 8.94. The Bertz CT molecular complexity index is 227. The number of ether oxygens (including phenoxy) is 1. The van der Waals surface area contributed by atoms with Gasteiger partial charge < -0.3 is 14.7 Å². The molecule has 0 bridgehead atoms. The van der Waals surface area contributed by atoms with Crippen LogP contribution in [0, 0.1) is 5.92 Å². The van der Waals surface area contributed by atoms with Crippen LogP contribution in [-0.4, -0.2) is 49.0 Å². The van der Waals surface area contributed by atoms with Gasteiger partial charge in [-0.1, -0.05) is 33.1 Å². The Morgan fingerprint density at radius 1 is 0.952 bits per heavy atom. The van der Waals surface area contributed by atoms with E-state index >= 15 is 0 Å². The monoisotopic (exact) mass is 299 g/mol. The third-order valence-electron chi connectivity index (χ3n) is 4.96. The molecule has 0 radical (unpaired) electrons. The molecule has 3 heteroatoms. The van der Waals surface area contributed by atoms with Crippen LogP contribution in [-0.2, 0) is 4.74 Å². The SMILES string of the molecule is CCC1CCC(OCCCCCCN(CC)CCO)CC1. The first-order valence-electron chi connectivity index (χ1n) is 9.24. The van der Waals surface area contributed by atoms with E-state index in [4.69, 9.17) is 9.84 Å². The van der Waals surface area contributed by atoms with E-state index in [0.717, 1.165) is 32.2 Å². The normalized spacial score (nSPS) is 22.9. The van der Waals surface area contributed by atoms with Crippen molar-refractivity contribution < 1.29 is 9.84 Å². The molecule has 0 amide bonds. The predicted molar refractivity (Wildman–Crippen MR) is 89.7 cm³/mol. The Balaban J connectivity index is 1.88.